The molecule has 104 valence electrons. The number of benzene rings is 2. The number of phenolic OH excluding ortho intramolecular Hbond substituents is 1. The highest BCUT2D eigenvalue weighted by atomic mass is 79.9. The van der Waals surface area contributed by atoms with Crippen LogP contribution in [0.4, 0.5) is 0 Å². The van der Waals surface area contributed by atoms with Gasteiger partial charge in [-0.3, -0.25) is 4.79 Å². The van der Waals surface area contributed by atoms with Gasteiger partial charge in [0.15, 0.2) is 5.78 Å². The lowest BCUT2D eigenvalue weighted by Crippen LogP contribution is -2.19. The average molecular weight is 419 g/mol. The molecule has 0 aromatic heterocycles. The molecule has 0 amide bonds. The highest BCUT2D eigenvalue weighted by Crippen LogP contribution is 2.35. The summed E-state index contributed by atoms with van der Waals surface area (Å²) < 4.78 is 0. The van der Waals surface area contributed by atoms with E-state index in [0.717, 1.165) is 5.56 Å². The van der Waals surface area contributed by atoms with Crippen molar-refractivity contribution in [1.82, 2.24) is 0 Å². The van der Waals surface area contributed by atoms with E-state index in [1.807, 2.05) is 30.3 Å². The standard InChI is InChI=1S/C15H11Br2ClO2/c16-13(9-4-2-1-3-5-9)14(17)15(20)11-7-6-10(18)8-12(11)19/h1-8,13-14,19H/t13-,14-/m0/s1. The molecule has 2 rings (SSSR count). The molecule has 2 aromatic rings. The Bertz CT molecular complexity index is 617. The summed E-state index contributed by atoms with van der Waals surface area (Å²) in [7, 11) is 0. The predicted molar refractivity (Wildman–Crippen MR) is 88.3 cm³/mol. The van der Waals surface area contributed by atoms with Crippen LogP contribution in [0.25, 0.3) is 0 Å². The first-order chi connectivity index (χ1) is 9.50. The van der Waals surface area contributed by atoms with E-state index in [1.165, 1.54) is 12.1 Å². The number of Topliss-reactive ketones (excluding diaryl/α,β-unsaturated/α-hetero) is 1. The van der Waals surface area contributed by atoms with Crippen molar-refractivity contribution in [2.75, 3.05) is 0 Å². The molecular formula is C15H11Br2ClO2. The monoisotopic (exact) mass is 416 g/mol. The highest BCUT2D eigenvalue weighted by Gasteiger charge is 2.27. The molecule has 2 aromatic carbocycles. The quantitative estimate of drug-likeness (QED) is 0.552. The number of halogens is 3. The van der Waals surface area contributed by atoms with Crippen molar-refractivity contribution in [1.29, 1.82) is 0 Å². The average Bonchev–Trinajstić information content (AvgIpc) is 2.46. The van der Waals surface area contributed by atoms with Gasteiger partial charge in [-0.2, -0.15) is 0 Å². The Morgan fingerprint density at radius 2 is 1.75 bits per heavy atom. The summed E-state index contributed by atoms with van der Waals surface area (Å²) in [4.78, 5) is 11.7. The van der Waals surface area contributed by atoms with Crippen molar-refractivity contribution in [2.24, 2.45) is 0 Å². The number of alkyl halides is 2. The highest BCUT2D eigenvalue weighted by molar-refractivity contribution is 9.12. The summed E-state index contributed by atoms with van der Waals surface area (Å²) in [5.74, 6) is -0.315. The minimum absolute atomic E-state index is 0.111. The van der Waals surface area contributed by atoms with Gasteiger partial charge in [0.25, 0.3) is 0 Å². The number of hydrogen-bond donors (Lipinski definition) is 1. The fourth-order valence-corrected chi connectivity index (χ4v) is 3.06. The number of carbonyl (C=O) groups is 1. The van der Waals surface area contributed by atoms with Gasteiger partial charge in [0.1, 0.15) is 5.75 Å². The zero-order valence-electron chi connectivity index (χ0n) is 10.3. The predicted octanol–water partition coefficient (Wildman–Crippen LogP) is 5.13. The lowest BCUT2D eigenvalue weighted by molar-refractivity contribution is 0.0988. The number of hydrogen-bond acceptors (Lipinski definition) is 2. The van der Waals surface area contributed by atoms with Crippen LogP contribution in [0.3, 0.4) is 0 Å². The van der Waals surface area contributed by atoms with E-state index in [0.29, 0.717) is 5.02 Å². The third kappa shape index (κ3) is 3.43. The Morgan fingerprint density at radius 3 is 2.35 bits per heavy atom. The lowest BCUT2D eigenvalue weighted by Gasteiger charge is -2.16. The zero-order valence-corrected chi connectivity index (χ0v) is 14.2. The molecule has 20 heavy (non-hydrogen) atoms. The second-order valence-corrected chi connectivity index (χ2v) is 6.65. The molecule has 0 fully saturated rings. The Labute approximate surface area is 139 Å². The third-order valence-electron chi connectivity index (χ3n) is 2.85. The molecule has 0 heterocycles. The van der Waals surface area contributed by atoms with Gasteiger partial charge < -0.3 is 5.11 Å². The van der Waals surface area contributed by atoms with Gasteiger partial charge in [-0.05, 0) is 23.8 Å². The normalized spacial score (nSPS) is 13.8. The summed E-state index contributed by atoms with van der Waals surface area (Å²) in [5.41, 5.74) is 1.23. The van der Waals surface area contributed by atoms with E-state index >= 15 is 0 Å². The Hall–Kier alpha value is -0.840. The molecule has 0 saturated heterocycles. The molecule has 5 heteroatoms. The van der Waals surface area contributed by atoms with Crippen molar-refractivity contribution in [2.45, 2.75) is 9.65 Å². The first-order valence-electron chi connectivity index (χ1n) is 5.86. The molecule has 2 nitrogen and oxygen atoms in total. The molecule has 0 radical (unpaired) electrons. The first kappa shape index (κ1) is 15.5. The number of aromatic hydroxyl groups is 1. The zero-order chi connectivity index (χ0) is 14.7. The van der Waals surface area contributed by atoms with Crippen molar-refractivity contribution < 1.29 is 9.90 Å². The van der Waals surface area contributed by atoms with Gasteiger partial charge in [0.2, 0.25) is 0 Å². The van der Waals surface area contributed by atoms with Gasteiger partial charge in [-0.25, -0.2) is 0 Å². The van der Waals surface area contributed by atoms with Gasteiger partial charge in [-0.15, -0.1) is 0 Å². The van der Waals surface area contributed by atoms with Crippen LogP contribution in [0, 0.1) is 0 Å². The summed E-state index contributed by atoms with van der Waals surface area (Å²) >= 11 is 12.7. The van der Waals surface area contributed by atoms with Gasteiger partial charge in [0.05, 0.1) is 15.2 Å². The van der Waals surface area contributed by atoms with Crippen LogP contribution in [0.1, 0.15) is 20.7 Å². The number of phenols is 1. The van der Waals surface area contributed by atoms with Crippen LogP contribution in [0.2, 0.25) is 5.02 Å². The van der Waals surface area contributed by atoms with Crippen LogP contribution >= 0.6 is 43.5 Å². The maximum atomic E-state index is 12.4. The Balaban J connectivity index is 2.24. The molecule has 0 saturated carbocycles. The minimum Gasteiger partial charge on any atom is -0.507 e. The Kier molecular flexibility index (Phi) is 5.24. The molecule has 0 aliphatic rings. The van der Waals surface area contributed by atoms with Crippen molar-refractivity contribution in [3.63, 3.8) is 0 Å². The molecule has 0 unspecified atom stereocenters. The largest absolute Gasteiger partial charge is 0.507 e. The van der Waals surface area contributed by atoms with Gasteiger partial charge in [0, 0.05) is 5.02 Å². The number of ketones is 1. The molecule has 2 atom stereocenters. The van der Waals surface area contributed by atoms with Gasteiger partial charge in [-0.1, -0.05) is 73.8 Å². The van der Waals surface area contributed by atoms with Crippen LogP contribution in [-0.4, -0.2) is 15.7 Å². The van der Waals surface area contributed by atoms with E-state index in [2.05, 4.69) is 31.9 Å². The molecule has 0 aliphatic carbocycles. The third-order valence-corrected chi connectivity index (χ3v) is 5.80. The smallest absolute Gasteiger partial charge is 0.181 e. The van der Waals surface area contributed by atoms with Crippen LogP contribution in [0.5, 0.6) is 5.75 Å². The van der Waals surface area contributed by atoms with Crippen molar-refractivity contribution >= 4 is 49.2 Å². The maximum absolute atomic E-state index is 12.4. The summed E-state index contributed by atoms with van der Waals surface area (Å²) in [6, 6.07) is 14.1. The van der Waals surface area contributed by atoms with E-state index in [9.17, 15) is 9.90 Å². The fraction of sp³-hybridized carbons (Fsp3) is 0.133. The SMILES string of the molecule is O=C(c1ccc(Cl)cc1O)[C@@H](Br)[C@@H](Br)c1ccccc1. The summed E-state index contributed by atoms with van der Waals surface area (Å²) in [5, 5.41) is 10.2. The molecule has 0 aliphatic heterocycles. The van der Waals surface area contributed by atoms with Crippen LogP contribution < -0.4 is 0 Å². The van der Waals surface area contributed by atoms with Crippen LogP contribution in [-0.2, 0) is 0 Å². The second kappa shape index (κ2) is 6.74. The number of carbonyl (C=O) groups excluding carboxylic acids is 1. The van der Waals surface area contributed by atoms with E-state index < -0.39 is 4.83 Å². The van der Waals surface area contributed by atoms with E-state index in [4.69, 9.17) is 11.6 Å². The minimum atomic E-state index is -0.489. The van der Waals surface area contributed by atoms with Crippen molar-refractivity contribution in [3.8, 4) is 5.75 Å². The van der Waals surface area contributed by atoms with Crippen molar-refractivity contribution in [3.05, 3.63) is 64.7 Å². The molecular weight excluding hydrogens is 407 g/mol. The van der Waals surface area contributed by atoms with Gasteiger partial charge >= 0.3 is 0 Å². The van der Waals surface area contributed by atoms with E-state index in [-0.39, 0.29) is 21.9 Å². The molecule has 0 spiro atoms. The molecule has 0 bridgehead atoms. The van der Waals surface area contributed by atoms with E-state index in [1.54, 1.807) is 6.07 Å². The van der Waals surface area contributed by atoms with Crippen LogP contribution in [0.15, 0.2) is 48.5 Å². The summed E-state index contributed by atoms with van der Waals surface area (Å²) in [6.45, 7) is 0. The Morgan fingerprint density at radius 1 is 1.10 bits per heavy atom. The maximum Gasteiger partial charge on any atom is 0.181 e. The fourth-order valence-electron chi connectivity index (χ4n) is 1.80. The molecule has 1 N–H and O–H groups in total. The lowest BCUT2D eigenvalue weighted by atomic mass is 10.0. The second-order valence-electron chi connectivity index (χ2n) is 4.24. The first-order valence-corrected chi connectivity index (χ1v) is 8.07. The summed E-state index contributed by atoms with van der Waals surface area (Å²) in [6.07, 6.45) is 0. The topological polar surface area (TPSA) is 37.3 Å². The number of rotatable bonds is 4.